The van der Waals surface area contributed by atoms with E-state index in [1.165, 1.54) is 50.3 Å². The third-order valence-corrected chi connectivity index (χ3v) is 8.11. The van der Waals surface area contributed by atoms with Crippen LogP contribution in [0.1, 0.15) is 106 Å². The second kappa shape index (κ2) is 16.0. The van der Waals surface area contributed by atoms with Crippen molar-refractivity contribution in [2.45, 2.75) is 119 Å². The lowest BCUT2D eigenvalue weighted by Crippen LogP contribution is -2.51. The lowest BCUT2D eigenvalue weighted by atomic mass is 9.88. The maximum atomic E-state index is 6.00. The van der Waals surface area contributed by atoms with E-state index in [0.29, 0.717) is 17.4 Å². The minimum absolute atomic E-state index is 0.129. The Bertz CT molecular complexity index is 829. The van der Waals surface area contributed by atoms with Gasteiger partial charge in [-0.05, 0) is 94.8 Å². The summed E-state index contributed by atoms with van der Waals surface area (Å²) in [7, 11) is 0. The molecule has 0 amide bonds. The summed E-state index contributed by atoms with van der Waals surface area (Å²) in [5, 5.41) is 7.62. The Balaban J connectivity index is 1.55. The second-order valence-corrected chi connectivity index (χ2v) is 16.1. The van der Waals surface area contributed by atoms with Gasteiger partial charge in [0.2, 0.25) is 0 Å². The van der Waals surface area contributed by atoms with E-state index in [2.05, 4.69) is 114 Å². The average molecular weight is 559 g/mol. The van der Waals surface area contributed by atoms with E-state index >= 15 is 0 Å². The van der Waals surface area contributed by atoms with Crippen LogP contribution < -0.4 is 10.6 Å². The molecule has 1 fully saturated rings. The standard InChI is InChI=1S/C35H66N4O/c1-32(2,3)17-20-38-22-24-39(25-23-38)21-19-37-35(9,10)16-15-34(7,8)36-18-12-26-40-29-31-14-11-13-30(27-31)28-33(4,5)6/h11,13-14,27,36-37H,12,15-26,28-29H2,1-10H3. The molecule has 2 N–H and O–H groups in total. The number of nitrogens with zero attached hydrogens (tertiary/aromatic N) is 2. The second-order valence-electron chi connectivity index (χ2n) is 16.1. The van der Waals surface area contributed by atoms with Gasteiger partial charge in [0.05, 0.1) is 6.61 Å². The predicted octanol–water partition coefficient (Wildman–Crippen LogP) is 6.75. The lowest BCUT2D eigenvalue weighted by molar-refractivity contribution is 0.116. The van der Waals surface area contributed by atoms with E-state index in [1.807, 2.05) is 0 Å². The highest BCUT2D eigenvalue weighted by atomic mass is 16.5. The van der Waals surface area contributed by atoms with Crippen molar-refractivity contribution in [3.05, 3.63) is 35.4 Å². The van der Waals surface area contributed by atoms with E-state index in [-0.39, 0.29) is 11.1 Å². The highest BCUT2D eigenvalue weighted by molar-refractivity contribution is 5.23. The smallest absolute Gasteiger partial charge is 0.0716 e. The van der Waals surface area contributed by atoms with Crippen molar-refractivity contribution in [2.75, 3.05) is 59.0 Å². The van der Waals surface area contributed by atoms with Gasteiger partial charge in [-0.2, -0.15) is 0 Å². The molecule has 232 valence electrons. The SMILES string of the molecule is CC(C)(C)CCN1CCN(CCNC(C)(C)CCC(C)(C)NCCCOCc2cccc(CC(C)(C)C)c2)CC1. The molecule has 0 aromatic heterocycles. The van der Waals surface area contributed by atoms with E-state index in [9.17, 15) is 0 Å². The van der Waals surface area contributed by atoms with Gasteiger partial charge in [-0.25, -0.2) is 0 Å². The highest BCUT2D eigenvalue weighted by Gasteiger charge is 2.24. The van der Waals surface area contributed by atoms with Gasteiger partial charge in [-0.3, -0.25) is 4.90 Å². The molecule has 1 aliphatic heterocycles. The monoisotopic (exact) mass is 559 g/mol. The van der Waals surface area contributed by atoms with Crippen LogP contribution in [0, 0.1) is 10.8 Å². The average Bonchev–Trinajstić information content (AvgIpc) is 2.83. The Morgan fingerprint density at radius 3 is 1.80 bits per heavy atom. The topological polar surface area (TPSA) is 39.8 Å². The van der Waals surface area contributed by atoms with Gasteiger partial charge in [0.15, 0.2) is 0 Å². The summed E-state index contributed by atoms with van der Waals surface area (Å²) in [4.78, 5) is 5.28. The van der Waals surface area contributed by atoms with Crippen LogP contribution in [0.4, 0.5) is 0 Å². The Labute approximate surface area is 249 Å². The zero-order chi connectivity index (χ0) is 29.9. The molecule has 0 radical (unpaired) electrons. The van der Waals surface area contributed by atoms with Crippen LogP contribution in [0.25, 0.3) is 0 Å². The van der Waals surface area contributed by atoms with Crippen molar-refractivity contribution in [3.63, 3.8) is 0 Å². The quantitative estimate of drug-likeness (QED) is 0.207. The van der Waals surface area contributed by atoms with E-state index in [0.717, 1.165) is 51.9 Å². The molecule has 0 aliphatic carbocycles. The molecule has 40 heavy (non-hydrogen) atoms. The van der Waals surface area contributed by atoms with Gasteiger partial charge in [0.1, 0.15) is 0 Å². The normalized spacial score (nSPS) is 16.6. The first-order valence-electron chi connectivity index (χ1n) is 16.1. The summed E-state index contributed by atoms with van der Waals surface area (Å²) >= 11 is 0. The van der Waals surface area contributed by atoms with Crippen LogP contribution in [0.15, 0.2) is 24.3 Å². The van der Waals surface area contributed by atoms with E-state index in [4.69, 9.17) is 4.74 Å². The number of nitrogens with one attached hydrogen (secondary N) is 2. The summed E-state index contributed by atoms with van der Waals surface area (Å²) in [6, 6.07) is 8.88. The van der Waals surface area contributed by atoms with E-state index in [1.54, 1.807) is 0 Å². The molecule has 5 heteroatoms. The number of hydrogen-bond donors (Lipinski definition) is 2. The van der Waals surface area contributed by atoms with Gasteiger partial charge >= 0.3 is 0 Å². The molecule has 1 aromatic carbocycles. The highest BCUT2D eigenvalue weighted by Crippen LogP contribution is 2.22. The molecular weight excluding hydrogens is 492 g/mol. The number of hydrogen-bond acceptors (Lipinski definition) is 5. The summed E-state index contributed by atoms with van der Waals surface area (Å²) in [5.74, 6) is 0. The minimum atomic E-state index is 0.129. The van der Waals surface area contributed by atoms with Gasteiger partial charge in [0.25, 0.3) is 0 Å². The Kier molecular flexibility index (Phi) is 14.1. The molecule has 1 heterocycles. The first-order valence-corrected chi connectivity index (χ1v) is 16.1. The predicted molar refractivity (Wildman–Crippen MR) is 174 cm³/mol. The number of rotatable bonds is 17. The molecule has 0 atom stereocenters. The van der Waals surface area contributed by atoms with Crippen LogP contribution in [-0.4, -0.2) is 79.8 Å². The number of ether oxygens (including phenoxy) is 1. The van der Waals surface area contributed by atoms with Crippen molar-refractivity contribution in [2.24, 2.45) is 10.8 Å². The van der Waals surface area contributed by atoms with Gasteiger partial charge in [0, 0.05) is 57.0 Å². The molecule has 1 saturated heterocycles. The fourth-order valence-corrected chi connectivity index (χ4v) is 5.32. The third-order valence-electron chi connectivity index (χ3n) is 8.11. The molecule has 0 saturated carbocycles. The minimum Gasteiger partial charge on any atom is -0.377 e. The van der Waals surface area contributed by atoms with Crippen LogP contribution in [0.3, 0.4) is 0 Å². The van der Waals surface area contributed by atoms with Crippen molar-refractivity contribution in [3.8, 4) is 0 Å². The first-order chi connectivity index (χ1) is 18.5. The zero-order valence-electron chi connectivity index (χ0n) is 28.2. The maximum absolute atomic E-state index is 6.00. The van der Waals surface area contributed by atoms with E-state index < -0.39 is 0 Å². The Morgan fingerprint density at radius 1 is 0.675 bits per heavy atom. The number of benzene rings is 1. The fourth-order valence-electron chi connectivity index (χ4n) is 5.32. The van der Waals surface area contributed by atoms with Crippen molar-refractivity contribution < 1.29 is 4.74 Å². The van der Waals surface area contributed by atoms with Gasteiger partial charge in [-0.15, -0.1) is 0 Å². The number of piperazine rings is 1. The third kappa shape index (κ3) is 16.5. The van der Waals surface area contributed by atoms with Crippen LogP contribution in [-0.2, 0) is 17.8 Å². The van der Waals surface area contributed by atoms with Gasteiger partial charge in [-0.1, -0.05) is 65.8 Å². The molecule has 1 aromatic rings. The zero-order valence-corrected chi connectivity index (χ0v) is 28.2. The summed E-state index contributed by atoms with van der Waals surface area (Å²) in [6.07, 6.45) is 5.74. The molecule has 1 aliphatic rings. The molecule has 5 nitrogen and oxygen atoms in total. The Hall–Kier alpha value is -0.980. The maximum Gasteiger partial charge on any atom is 0.0716 e. The first kappa shape index (κ1) is 35.2. The van der Waals surface area contributed by atoms with Gasteiger partial charge < -0.3 is 20.3 Å². The van der Waals surface area contributed by atoms with Crippen molar-refractivity contribution in [1.29, 1.82) is 0 Å². The fraction of sp³-hybridized carbons (Fsp3) is 0.829. The summed E-state index contributed by atoms with van der Waals surface area (Å²) in [5.41, 5.74) is 3.71. The molecule has 2 rings (SSSR count). The lowest BCUT2D eigenvalue weighted by Gasteiger charge is -2.37. The molecule has 0 bridgehead atoms. The molecule has 0 spiro atoms. The van der Waals surface area contributed by atoms with Crippen LogP contribution in [0.5, 0.6) is 0 Å². The van der Waals surface area contributed by atoms with Crippen LogP contribution >= 0.6 is 0 Å². The molecule has 0 unspecified atom stereocenters. The van der Waals surface area contributed by atoms with Crippen LogP contribution in [0.2, 0.25) is 0 Å². The summed E-state index contributed by atoms with van der Waals surface area (Å²) < 4.78 is 6.00. The Morgan fingerprint density at radius 2 is 1.23 bits per heavy atom. The van der Waals surface area contributed by atoms with Crippen molar-refractivity contribution >= 4 is 0 Å². The summed E-state index contributed by atoms with van der Waals surface area (Å²) in [6.45, 7) is 34.1. The molecular formula is C35H66N4O. The largest absolute Gasteiger partial charge is 0.377 e. The van der Waals surface area contributed by atoms with Crippen molar-refractivity contribution in [1.82, 2.24) is 20.4 Å².